The van der Waals surface area contributed by atoms with Crippen LogP contribution in [-0.2, 0) is 4.57 Å². The lowest BCUT2D eigenvalue weighted by Gasteiger charge is -2.21. The highest BCUT2D eigenvalue weighted by Crippen LogP contribution is 2.45. The molecule has 0 amide bonds. The van der Waals surface area contributed by atoms with Crippen LogP contribution in [0.15, 0.2) is 29.0 Å². The molecular weight excluding hydrogens is 293 g/mol. The fraction of sp³-hybridized carbons (Fsp3) is 0.462. The molecule has 0 fully saturated rings. The average molecular weight is 313 g/mol. The number of nitrogens with zero attached hydrogens (tertiary/aromatic N) is 3. The van der Waals surface area contributed by atoms with Gasteiger partial charge in [-0.25, -0.2) is 0 Å². The zero-order valence-electron chi connectivity index (χ0n) is 12.6. The van der Waals surface area contributed by atoms with Gasteiger partial charge in [-0.2, -0.15) is 4.76 Å². The van der Waals surface area contributed by atoms with Gasteiger partial charge in [0.2, 0.25) is 0 Å². The monoisotopic (exact) mass is 313 g/mol. The molecule has 7 nitrogen and oxygen atoms in total. The molecule has 0 spiro atoms. The maximum absolute atomic E-state index is 12.4. The van der Waals surface area contributed by atoms with Crippen molar-refractivity contribution in [2.24, 2.45) is 4.76 Å². The Bertz CT molecular complexity index is 567. The molecule has 0 N–H and O–H groups in total. The minimum Gasteiger partial charge on any atom is -0.428 e. The Morgan fingerprint density at radius 2 is 1.86 bits per heavy atom. The zero-order chi connectivity index (χ0) is 16.0. The van der Waals surface area contributed by atoms with Gasteiger partial charge in [0.1, 0.15) is 11.6 Å². The molecule has 0 radical (unpaired) electrons. The molecule has 1 aromatic carbocycles. The lowest BCUT2D eigenvalue weighted by atomic mass is 10.3. The number of benzene rings is 1. The Morgan fingerprint density at radius 1 is 1.33 bits per heavy atom. The van der Waals surface area contributed by atoms with Gasteiger partial charge in [-0.3, -0.25) is 14.7 Å². The van der Waals surface area contributed by atoms with E-state index in [1.807, 2.05) is 18.7 Å². The minimum absolute atomic E-state index is 0.0453. The van der Waals surface area contributed by atoms with Crippen LogP contribution in [-0.4, -0.2) is 35.4 Å². The summed E-state index contributed by atoms with van der Waals surface area (Å²) in [6.07, 6.45) is 0. The molecule has 0 aliphatic rings. The van der Waals surface area contributed by atoms with E-state index in [9.17, 15) is 14.7 Å². The molecule has 1 unspecified atom stereocenters. The lowest BCUT2D eigenvalue weighted by Crippen LogP contribution is -2.28. The standard InChI is InChI=1S/C13H20N3O4P/c1-5-15(6-2)11(3)14-21(4,19)20-13-9-7-12(8-10-13)16(17)18/h7-10H,5-6H2,1-4H3/b14-11+. The van der Waals surface area contributed by atoms with Crippen molar-refractivity contribution in [3.05, 3.63) is 34.4 Å². The number of hydrogen-bond acceptors (Lipinski definition) is 4. The van der Waals surface area contributed by atoms with Crippen LogP contribution < -0.4 is 4.52 Å². The fourth-order valence-corrected chi connectivity index (χ4v) is 3.06. The Morgan fingerprint density at radius 3 is 2.29 bits per heavy atom. The van der Waals surface area contributed by atoms with Crippen LogP contribution >= 0.6 is 7.52 Å². The molecule has 1 aromatic rings. The highest BCUT2D eigenvalue weighted by Gasteiger charge is 2.18. The van der Waals surface area contributed by atoms with Crippen molar-refractivity contribution in [2.75, 3.05) is 19.8 Å². The predicted molar refractivity (Wildman–Crippen MR) is 83.3 cm³/mol. The van der Waals surface area contributed by atoms with Gasteiger partial charge in [-0.05, 0) is 32.9 Å². The normalized spacial score (nSPS) is 14.4. The maximum atomic E-state index is 12.4. The van der Waals surface area contributed by atoms with Gasteiger partial charge in [-0.15, -0.1) is 0 Å². The van der Waals surface area contributed by atoms with Gasteiger partial charge in [0, 0.05) is 31.9 Å². The van der Waals surface area contributed by atoms with Crippen LogP contribution in [0, 0.1) is 10.1 Å². The lowest BCUT2D eigenvalue weighted by molar-refractivity contribution is -0.384. The van der Waals surface area contributed by atoms with Crippen molar-refractivity contribution in [3.8, 4) is 5.75 Å². The average Bonchev–Trinajstić information content (AvgIpc) is 2.39. The number of hydrogen-bond donors (Lipinski definition) is 0. The second kappa shape index (κ2) is 7.22. The minimum atomic E-state index is -3.21. The summed E-state index contributed by atoms with van der Waals surface area (Å²) < 4.78 is 21.9. The summed E-state index contributed by atoms with van der Waals surface area (Å²) in [4.78, 5) is 12.0. The van der Waals surface area contributed by atoms with Crippen LogP contribution in [0.2, 0.25) is 0 Å². The molecular formula is C13H20N3O4P. The quantitative estimate of drug-likeness (QED) is 0.263. The van der Waals surface area contributed by atoms with Crippen molar-refractivity contribution in [2.45, 2.75) is 20.8 Å². The van der Waals surface area contributed by atoms with Gasteiger partial charge in [0.05, 0.1) is 4.92 Å². The van der Waals surface area contributed by atoms with E-state index in [0.29, 0.717) is 11.6 Å². The van der Waals surface area contributed by atoms with Crippen molar-refractivity contribution < 1.29 is 14.0 Å². The molecule has 0 aliphatic carbocycles. The van der Waals surface area contributed by atoms with E-state index >= 15 is 0 Å². The second-order valence-electron chi connectivity index (χ2n) is 4.46. The number of rotatable bonds is 6. The molecule has 0 saturated carbocycles. The molecule has 0 saturated heterocycles. The van der Waals surface area contributed by atoms with Gasteiger partial charge < -0.3 is 9.42 Å². The first-order valence-electron chi connectivity index (χ1n) is 6.62. The summed E-state index contributed by atoms with van der Waals surface area (Å²) in [6.45, 7) is 8.71. The van der Waals surface area contributed by atoms with Gasteiger partial charge in [0.25, 0.3) is 5.69 Å². The first-order chi connectivity index (χ1) is 9.79. The molecule has 0 aliphatic heterocycles. The van der Waals surface area contributed by atoms with Crippen molar-refractivity contribution in [3.63, 3.8) is 0 Å². The largest absolute Gasteiger partial charge is 0.428 e. The van der Waals surface area contributed by atoms with E-state index < -0.39 is 12.4 Å². The molecule has 0 bridgehead atoms. The Labute approximate surface area is 124 Å². The number of nitro benzene ring substituents is 1. The first kappa shape index (κ1) is 17.2. The summed E-state index contributed by atoms with van der Waals surface area (Å²) in [7, 11) is -3.21. The van der Waals surface area contributed by atoms with Crippen molar-refractivity contribution in [1.82, 2.24) is 4.90 Å². The van der Waals surface area contributed by atoms with Gasteiger partial charge >= 0.3 is 7.52 Å². The third-order valence-electron chi connectivity index (χ3n) is 2.87. The maximum Gasteiger partial charge on any atom is 0.360 e. The van der Waals surface area contributed by atoms with E-state index in [2.05, 4.69) is 4.76 Å². The summed E-state index contributed by atoms with van der Waals surface area (Å²) in [5.74, 6) is 0.940. The smallest absolute Gasteiger partial charge is 0.360 e. The highest BCUT2D eigenvalue weighted by molar-refractivity contribution is 7.57. The molecule has 0 heterocycles. The molecule has 1 atom stereocenters. The molecule has 1 rings (SSSR count). The Kier molecular flexibility index (Phi) is 5.90. The summed E-state index contributed by atoms with van der Waals surface area (Å²) in [6, 6.07) is 5.43. The topological polar surface area (TPSA) is 85.0 Å². The summed E-state index contributed by atoms with van der Waals surface area (Å²) in [5, 5.41) is 10.6. The highest BCUT2D eigenvalue weighted by atomic mass is 31.2. The third kappa shape index (κ3) is 5.19. The Balaban J connectivity index is 2.87. The first-order valence-corrected chi connectivity index (χ1v) is 8.65. The van der Waals surface area contributed by atoms with E-state index in [0.717, 1.165) is 13.1 Å². The zero-order valence-corrected chi connectivity index (χ0v) is 13.5. The van der Waals surface area contributed by atoms with E-state index in [-0.39, 0.29) is 5.69 Å². The van der Waals surface area contributed by atoms with E-state index in [4.69, 9.17) is 4.52 Å². The van der Waals surface area contributed by atoms with Crippen LogP contribution in [0.5, 0.6) is 5.75 Å². The predicted octanol–water partition coefficient (Wildman–Crippen LogP) is 3.56. The second-order valence-corrected chi connectivity index (χ2v) is 6.45. The van der Waals surface area contributed by atoms with Crippen LogP contribution in [0.25, 0.3) is 0 Å². The summed E-state index contributed by atoms with van der Waals surface area (Å²) in [5.41, 5.74) is -0.0453. The summed E-state index contributed by atoms with van der Waals surface area (Å²) >= 11 is 0. The molecule has 116 valence electrons. The van der Waals surface area contributed by atoms with Crippen molar-refractivity contribution in [1.29, 1.82) is 0 Å². The van der Waals surface area contributed by atoms with Gasteiger partial charge in [0.15, 0.2) is 0 Å². The number of nitro groups is 1. The third-order valence-corrected chi connectivity index (χ3v) is 4.07. The Hall–Kier alpha value is -1.88. The van der Waals surface area contributed by atoms with Crippen LogP contribution in [0.4, 0.5) is 5.69 Å². The van der Waals surface area contributed by atoms with Crippen molar-refractivity contribution >= 4 is 19.0 Å². The number of non-ortho nitro benzene ring substituents is 1. The van der Waals surface area contributed by atoms with E-state index in [1.165, 1.54) is 30.9 Å². The SMILES string of the molecule is CCN(CC)/C(C)=N/P(C)(=O)Oc1ccc([N+](=O)[O-])cc1. The van der Waals surface area contributed by atoms with Crippen LogP contribution in [0.3, 0.4) is 0 Å². The molecule has 8 heteroatoms. The number of amidine groups is 1. The van der Waals surface area contributed by atoms with Gasteiger partial charge in [-0.1, -0.05) is 0 Å². The van der Waals surface area contributed by atoms with Crippen LogP contribution in [0.1, 0.15) is 20.8 Å². The fourth-order valence-electron chi connectivity index (χ4n) is 1.85. The van der Waals surface area contributed by atoms with E-state index in [1.54, 1.807) is 6.92 Å². The molecule has 21 heavy (non-hydrogen) atoms. The molecule has 0 aromatic heterocycles.